The summed E-state index contributed by atoms with van der Waals surface area (Å²) in [7, 11) is 1.65. The lowest BCUT2D eigenvalue weighted by Gasteiger charge is -2.09. The fourth-order valence-corrected chi connectivity index (χ4v) is 1.93. The van der Waals surface area contributed by atoms with Gasteiger partial charge in [-0.3, -0.25) is 0 Å². The first-order valence-electron chi connectivity index (χ1n) is 5.24. The molecule has 0 aromatic heterocycles. The third kappa shape index (κ3) is 2.86. The number of ether oxygens (including phenoxy) is 1. The van der Waals surface area contributed by atoms with Crippen LogP contribution in [0.3, 0.4) is 0 Å². The van der Waals surface area contributed by atoms with Gasteiger partial charge in [-0.1, -0.05) is 11.6 Å². The van der Waals surface area contributed by atoms with Crippen molar-refractivity contribution in [3.63, 3.8) is 0 Å². The van der Waals surface area contributed by atoms with Gasteiger partial charge < -0.3 is 10.5 Å². The fourth-order valence-electron chi connectivity index (χ4n) is 1.69. The second-order valence-corrected chi connectivity index (χ2v) is 4.80. The van der Waals surface area contributed by atoms with E-state index >= 15 is 0 Å². The van der Waals surface area contributed by atoms with E-state index in [1.54, 1.807) is 7.11 Å². The van der Waals surface area contributed by atoms with Crippen LogP contribution in [-0.2, 0) is 6.42 Å². The molecule has 0 spiro atoms. The van der Waals surface area contributed by atoms with Crippen LogP contribution >= 0.6 is 11.6 Å². The molecule has 0 amide bonds. The van der Waals surface area contributed by atoms with Crippen molar-refractivity contribution in [2.45, 2.75) is 31.2 Å². The molecule has 15 heavy (non-hydrogen) atoms. The van der Waals surface area contributed by atoms with Crippen molar-refractivity contribution in [1.82, 2.24) is 0 Å². The van der Waals surface area contributed by atoms with E-state index in [9.17, 15) is 0 Å². The Bertz CT molecular complexity index is 361. The Balaban J connectivity index is 2.03. The number of hydrogen-bond acceptors (Lipinski definition) is 2. The van der Waals surface area contributed by atoms with Gasteiger partial charge in [0.05, 0.1) is 7.11 Å². The molecule has 0 radical (unpaired) electrons. The molecule has 3 heteroatoms. The number of halogens is 1. The van der Waals surface area contributed by atoms with E-state index < -0.39 is 0 Å². The molecule has 0 unspecified atom stereocenters. The lowest BCUT2D eigenvalue weighted by atomic mass is 10.0. The van der Waals surface area contributed by atoms with Crippen LogP contribution in [0.4, 0.5) is 0 Å². The molecule has 1 aliphatic carbocycles. The maximum absolute atomic E-state index is 6.04. The van der Waals surface area contributed by atoms with E-state index in [0.717, 1.165) is 36.5 Å². The van der Waals surface area contributed by atoms with Gasteiger partial charge in [0.2, 0.25) is 0 Å². The molecule has 0 saturated heterocycles. The fraction of sp³-hybridized carbons (Fsp3) is 0.500. The molecule has 2 rings (SSSR count). The third-order valence-electron chi connectivity index (χ3n) is 2.97. The standard InChI is InChI=1S/C12H16ClNO/c1-15-11-7-9(6-10(13)8-11)2-3-12(14)4-5-12/h6-8H,2-5,14H2,1H3. The molecule has 0 bridgehead atoms. The largest absolute Gasteiger partial charge is 0.497 e. The maximum atomic E-state index is 6.04. The van der Waals surface area contributed by atoms with Gasteiger partial charge in [0, 0.05) is 10.6 Å². The van der Waals surface area contributed by atoms with Gasteiger partial charge in [0.25, 0.3) is 0 Å². The van der Waals surface area contributed by atoms with Crippen LogP contribution in [0.2, 0.25) is 5.02 Å². The molecule has 82 valence electrons. The Morgan fingerprint density at radius 2 is 2.13 bits per heavy atom. The Kier molecular flexibility index (Phi) is 2.89. The molecule has 2 nitrogen and oxygen atoms in total. The third-order valence-corrected chi connectivity index (χ3v) is 3.19. The lowest BCUT2D eigenvalue weighted by Crippen LogP contribution is -2.22. The minimum absolute atomic E-state index is 0.107. The van der Waals surface area contributed by atoms with Crippen molar-refractivity contribution in [2.75, 3.05) is 7.11 Å². The maximum Gasteiger partial charge on any atom is 0.120 e. The van der Waals surface area contributed by atoms with Crippen molar-refractivity contribution in [1.29, 1.82) is 0 Å². The van der Waals surface area contributed by atoms with Gasteiger partial charge in [-0.2, -0.15) is 0 Å². The van der Waals surface area contributed by atoms with Crippen LogP contribution in [-0.4, -0.2) is 12.6 Å². The van der Waals surface area contributed by atoms with E-state index in [4.69, 9.17) is 22.1 Å². The van der Waals surface area contributed by atoms with Crippen molar-refractivity contribution < 1.29 is 4.74 Å². The number of rotatable bonds is 4. The molecular weight excluding hydrogens is 210 g/mol. The van der Waals surface area contributed by atoms with Crippen LogP contribution in [0.5, 0.6) is 5.75 Å². The molecule has 1 saturated carbocycles. The zero-order chi connectivity index (χ0) is 10.9. The number of aryl methyl sites for hydroxylation is 1. The molecule has 0 aliphatic heterocycles. The first-order chi connectivity index (χ1) is 7.11. The van der Waals surface area contributed by atoms with Gasteiger partial charge in [0.15, 0.2) is 0 Å². The Hall–Kier alpha value is -0.730. The molecular formula is C12H16ClNO. The summed E-state index contributed by atoms with van der Waals surface area (Å²) in [6, 6.07) is 5.83. The van der Waals surface area contributed by atoms with Gasteiger partial charge in [0.1, 0.15) is 5.75 Å². The van der Waals surface area contributed by atoms with E-state index in [-0.39, 0.29) is 5.54 Å². The van der Waals surface area contributed by atoms with Crippen molar-refractivity contribution in [2.24, 2.45) is 5.73 Å². The first kappa shape index (κ1) is 10.8. The number of nitrogens with two attached hydrogens (primary N) is 1. The number of methoxy groups -OCH3 is 1. The normalized spacial score (nSPS) is 17.5. The van der Waals surface area contributed by atoms with Crippen LogP contribution in [0.15, 0.2) is 18.2 Å². The molecule has 0 atom stereocenters. The topological polar surface area (TPSA) is 35.2 Å². The summed E-state index contributed by atoms with van der Waals surface area (Å²) in [6.45, 7) is 0. The summed E-state index contributed by atoms with van der Waals surface area (Å²) in [5, 5.41) is 0.728. The summed E-state index contributed by atoms with van der Waals surface area (Å²) in [5.74, 6) is 0.819. The average molecular weight is 226 g/mol. The molecule has 2 N–H and O–H groups in total. The molecule has 0 heterocycles. The summed E-state index contributed by atoms with van der Waals surface area (Å²) in [4.78, 5) is 0. The highest BCUT2D eigenvalue weighted by molar-refractivity contribution is 6.30. The van der Waals surface area contributed by atoms with Gasteiger partial charge in [-0.25, -0.2) is 0 Å². The summed E-state index contributed by atoms with van der Waals surface area (Å²) in [5.41, 5.74) is 7.35. The lowest BCUT2D eigenvalue weighted by molar-refractivity contribution is 0.414. The van der Waals surface area contributed by atoms with Crippen LogP contribution in [0, 0.1) is 0 Å². The van der Waals surface area contributed by atoms with Gasteiger partial charge >= 0.3 is 0 Å². The Labute approximate surface area is 95.4 Å². The zero-order valence-corrected chi connectivity index (χ0v) is 9.68. The molecule has 1 aromatic carbocycles. The zero-order valence-electron chi connectivity index (χ0n) is 8.92. The minimum Gasteiger partial charge on any atom is -0.497 e. The summed E-state index contributed by atoms with van der Waals surface area (Å²) >= 11 is 5.98. The van der Waals surface area contributed by atoms with E-state index in [1.807, 2.05) is 18.2 Å². The van der Waals surface area contributed by atoms with Crippen molar-refractivity contribution in [3.8, 4) is 5.75 Å². The minimum atomic E-state index is 0.107. The highest BCUT2D eigenvalue weighted by atomic mass is 35.5. The van der Waals surface area contributed by atoms with Crippen LogP contribution in [0.25, 0.3) is 0 Å². The van der Waals surface area contributed by atoms with E-state index in [0.29, 0.717) is 0 Å². The quantitative estimate of drug-likeness (QED) is 0.855. The van der Waals surface area contributed by atoms with Crippen molar-refractivity contribution in [3.05, 3.63) is 28.8 Å². The van der Waals surface area contributed by atoms with Gasteiger partial charge in [-0.05, 0) is 49.4 Å². The molecule has 1 aliphatic rings. The number of hydrogen-bond donors (Lipinski definition) is 1. The predicted molar refractivity (Wildman–Crippen MR) is 62.5 cm³/mol. The van der Waals surface area contributed by atoms with Crippen molar-refractivity contribution >= 4 is 11.6 Å². The molecule has 1 aromatic rings. The summed E-state index contributed by atoms with van der Waals surface area (Å²) < 4.78 is 5.17. The highest BCUT2D eigenvalue weighted by Gasteiger charge is 2.37. The van der Waals surface area contributed by atoms with Crippen LogP contribution in [0.1, 0.15) is 24.8 Å². The smallest absolute Gasteiger partial charge is 0.120 e. The Morgan fingerprint density at radius 3 is 2.73 bits per heavy atom. The first-order valence-corrected chi connectivity index (χ1v) is 5.61. The average Bonchev–Trinajstić information content (AvgIpc) is 2.94. The second kappa shape index (κ2) is 4.03. The second-order valence-electron chi connectivity index (χ2n) is 4.36. The Morgan fingerprint density at radius 1 is 1.40 bits per heavy atom. The predicted octanol–water partition coefficient (Wildman–Crippen LogP) is 2.77. The van der Waals surface area contributed by atoms with E-state index in [2.05, 4.69) is 0 Å². The molecule has 1 fully saturated rings. The van der Waals surface area contributed by atoms with E-state index in [1.165, 1.54) is 5.56 Å². The monoisotopic (exact) mass is 225 g/mol. The highest BCUT2D eigenvalue weighted by Crippen LogP contribution is 2.37. The SMILES string of the molecule is COc1cc(Cl)cc(CCC2(N)CC2)c1. The van der Waals surface area contributed by atoms with Gasteiger partial charge in [-0.15, -0.1) is 0 Å². The van der Waals surface area contributed by atoms with Crippen LogP contribution < -0.4 is 10.5 Å². The summed E-state index contributed by atoms with van der Waals surface area (Å²) in [6.07, 6.45) is 4.33. The number of benzene rings is 1.